The highest BCUT2D eigenvalue weighted by molar-refractivity contribution is 7.80. The highest BCUT2D eigenvalue weighted by atomic mass is 32.3. The fourth-order valence-corrected chi connectivity index (χ4v) is 10.2. The lowest BCUT2D eigenvalue weighted by Crippen LogP contribution is -2.69. The van der Waals surface area contributed by atoms with Crippen LogP contribution < -0.4 is 0 Å². The minimum absolute atomic E-state index is 0.0292. The Balaban J connectivity index is 1.53. The van der Waals surface area contributed by atoms with Gasteiger partial charge in [0.2, 0.25) is 0 Å². The summed E-state index contributed by atoms with van der Waals surface area (Å²) in [5.74, 6) is 0.733. The van der Waals surface area contributed by atoms with Crippen molar-refractivity contribution in [3.8, 4) is 0 Å². The zero-order chi connectivity index (χ0) is 26.8. The summed E-state index contributed by atoms with van der Waals surface area (Å²) < 4.78 is 36.7. The van der Waals surface area contributed by atoms with E-state index in [-0.39, 0.29) is 47.3 Å². The van der Waals surface area contributed by atoms with Gasteiger partial charge < -0.3 is 20.4 Å². The molecule has 36 heavy (non-hydrogen) atoms. The highest BCUT2D eigenvalue weighted by Crippen LogP contribution is 2.69. The number of hydrogen-bond donors (Lipinski definition) is 5. The van der Waals surface area contributed by atoms with Gasteiger partial charge in [0, 0.05) is 11.8 Å². The Labute approximate surface area is 216 Å². The van der Waals surface area contributed by atoms with Gasteiger partial charge in [-0.25, -0.2) is 4.18 Å². The van der Waals surface area contributed by atoms with Crippen LogP contribution in [-0.4, -0.2) is 63.4 Å². The van der Waals surface area contributed by atoms with Gasteiger partial charge in [0.15, 0.2) is 0 Å². The van der Waals surface area contributed by atoms with Crippen LogP contribution in [0.1, 0.15) is 92.4 Å². The smallest absolute Gasteiger partial charge is 0.393 e. The first-order valence-corrected chi connectivity index (χ1v) is 15.3. The third-order valence-electron chi connectivity index (χ3n) is 11.5. The molecule has 0 aromatic heterocycles. The molecule has 4 saturated carbocycles. The standard InChI is InChI=1S/C27H48O8S/c1-15(2)22(35-36(32,33)34)7-6-16(3)20-13-21(29)24-18-12-23(30)27(31)14-17(28)8-11-26(27,5)19(18)9-10-25(20,24)4/h15-24,28-31H,6-14H2,1-5H3,(H,32,33,34)/t16-,17+,18?,19+,20-,21+,22+,23-,24-,25-,26-,27+/m1/s1. The van der Waals surface area contributed by atoms with Crippen LogP contribution in [0.3, 0.4) is 0 Å². The molecule has 0 bridgehead atoms. The summed E-state index contributed by atoms with van der Waals surface area (Å²) in [4.78, 5) is 0. The lowest BCUT2D eigenvalue weighted by Gasteiger charge is -2.65. The molecule has 0 amide bonds. The molecular formula is C27H48O8S. The highest BCUT2D eigenvalue weighted by Gasteiger charge is 2.68. The molecule has 5 N–H and O–H groups in total. The summed E-state index contributed by atoms with van der Waals surface area (Å²) in [6.45, 7) is 10.3. The van der Waals surface area contributed by atoms with Gasteiger partial charge in [-0.15, -0.1) is 0 Å². The molecule has 4 fully saturated rings. The van der Waals surface area contributed by atoms with Gasteiger partial charge in [0.05, 0.1) is 30.0 Å². The molecule has 0 spiro atoms. The van der Waals surface area contributed by atoms with Crippen LogP contribution in [0.15, 0.2) is 0 Å². The van der Waals surface area contributed by atoms with E-state index in [4.69, 9.17) is 4.18 Å². The van der Waals surface area contributed by atoms with Crippen molar-refractivity contribution in [2.24, 2.45) is 46.3 Å². The maximum absolute atomic E-state index is 11.6. The van der Waals surface area contributed by atoms with Gasteiger partial charge in [-0.3, -0.25) is 4.55 Å². The Bertz CT molecular complexity index is 909. The van der Waals surface area contributed by atoms with Crippen molar-refractivity contribution in [3.05, 3.63) is 0 Å². The molecule has 0 saturated heterocycles. The fourth-order valence-electron chi connectivity index (χ4n) is 9.53. The summed E-state index contributed by atoms with van der Waals surface area (Å²) in [5.41, 5.74) is -1.90. The van der Waals surface area contributed by atoms with Gasteiger partial charge in [-0.2, -0.15) is 8.42 Å². The number of hydrogen-bond acceptors (Lipinski definition) is 7. The average Bonchev–Trinajstić information content (AvgIpc) is 3.03. The molecule has 4 aliphatic rings. The lowest BCUT2D eigenvalue weighted by molar-refractivity contribution is -0.268. The van der Waals surface area contributed by atoms with Crippen LogP contribution in [0.25, 0.3) is 0 Å². The Morgan fingerprint density at radius 3 is 2.28 bits per heavy atom. The van der Waals surface area contributed by atoms with Crippen LogP contribution >= 0.6 is 0 Å². The maximum atomic E-state index is 11.6. The van der Waals surface area contributed by atoms with Crippen LogP contribution in [0.5, 0.6) is 0 Å². The minimum atomic E-state index is -4.52. The van der Waals surface area contributed by atoms with Gasteiger partial charge in [0.1, 0.15) is 0 Å². The van der Waals surface area contributed by atoms with Crippen molar-refractivity contribution in [2.75, 3.05) is 0 Å². The Hall–Kier alpha value is -0.290. The number of aliphatic hydroxyl groups excluding tert-OH is 3. The zero-order valence-electron chi connectivity index (χ0n) is 22.5. The van der Waals surface area contributed by atoms with E-state index in [1.807, 2.05) is 13.8 Å². The average molecular weight is 533 g/mol. The normalized spacial score (nSPS) is 48.7. The van der Waals surface area contributed by atoms with Crippen LogP contribution in [0.2, 0.25) is 0 Å². The second-order valence-corrected chi connectivity index (χ2v) is 14.6. The van der Waals surface area contributed by atoms with Crippen LogP contribution in [-0.2, 0) is 14.6 Å². The molecule has 1 unspecified atom stereocenters. The summed E-state index contributed by atoms with van der Waals surface area (Å²) in [6.07, 6.45) is 3.12. The Morgan fingerprint density at radius 1 is 1.00 bits per heavy atom. The largest absolute Gasteiger partial charge is 0.397 e. The van der Waals surface area contributed by atoms with E-state index in [0.29, 0.717) is 32.1 Å². The lowest BCUT2D eigenvalue weighted by atomic mass is 9.42. The van der Waals surface area contributed by atoms with Gasteiger partial charge in [-0.05, 0) is 92.3 Å². The zero-order valence-corrected chi connectivity index (χ0v) is 23.3. The number of aliphatic hydroxyl groups is 4. The molecule has 0 aliphatic heterocycles. The van der Waals surface area contributed by atoms with Crippen molar-refractivity contribution in [1.29, 1.82) is 0 Å². The van der Waals surface area contributed by atoms with E-state index in [0.717, 1.165) is 19.3 Å². The first-order valence-electron chi connectivity index (χ1n) is 14.0. The molecule has 4 aliphatic carbocycles. The van der Waals surface area contributed by atoms with E-state index in [9.17, 15) is 33.4 Å². The summed E-state index contributed by atoms with van der Waals surface area (Å²) in [7, 11) is -4.52. The maximum Gasteiger partial charge on any atom is 0.397 e. The van der Waals surface area contributed by atoms with Crippen molar-refractivity contribution < 1.29 is 37.6 Å². The molecule has 12 atom stereocenters. The van der Waals surface area contributed by atoms with E-state index >= 15 is 0 Å². The predicted molar refractivity (Wildman–Crippen MR) is 135 cm³/mol. The van der Waals surface area contributed by atoms with E-state index in [1.54, 1.807) is 0 Å². The van der Waals surface area contributed by atoms with E-state index < -0.39 is 45.8 Å². The number of rotatable bonds is 7. The molecule has 9 heteroatoms. The van der Waals surface area contributed by atoms with Crippen LogP contribution in [0.4, 0.5) is 0 Å². The Morgan fingerprint density at radius 2 is 1.67 bits per heavy atom. The first kappa shape index (κ1) is 28.7. The molecule has 0 aromatic carbocycles. The van der Waals surface area contributed by atoms with Crippen molar-refractivity contribution in [3.63, 3.8) is 0 Å². The van der Waals surface area contributed by atoms with Crippen molar-refractivity contribution in [1.82, 2.24) is 0 Å². The molecule has 0 heterocycles. The monoisotopic (exact) mass is 532 g/mol. The minimum Gasteiger partial charge on any atom is -0.393 e. The third-order valence-corrected chi connectivity index (χ3v) is 12.0. The molecule has 0 radical (unpaired) electrons. The molecule has 210 valence electrons. The summed E-state index contributed by atoms with van der Waals surface area (Å²) >= 11 is 0. The second kappa shape index (κ2) is 9.72. The third kappa shape index (κ3) is 4.69. The number of fused-ring (bicyclic) bond motifs is 5. The van der Waals surface area contributed by atoms with Crippen molar-refractivity contribution in [2.45, 2.75) is 122 Å². The van der Waals surface area contributed by atoms with Gasteiger partial charge >= 0.3 is 10.4 Å². The molecule has 0 aromatic rings. The molecule has 8 nitrogen and oxygen atoms in total. The van der Waals surface area contributed by atoms with Crippen LogP contribution in [0, 0.1) is 46.3 Å². The molecular weight excluding hydrogens is 484 g/mol. The van der Waals surface area contributed by atoms with E-state index in [1.165, 1.54) is 0 Å². The second-order valence-electron chi connectivity index (χ2n) is 13.6. The fraction of sp³-hybridized carbons (Fsp3) is 1.00. The summed E-state index contributed by atoms with van der Waals surface area (Å²) in [6, 6.07) is 0. The molecule has 4 rings (SSSR count). The Kier molecular flexibility index (Phi) is 7.75. The summed E-state index contributed by atoms with van der Waals surface area (Å²) in [5, 5.41) is 44.6. The predicted octanol–water partition coefficient (Wildman–Crippen LogP) is 3.32. The first-order chi connectivity index (χ1) is 16.5. The SMILES string of the molecule is CC(C)[C@H](CC[C@@H](C)[C@H]1C[C@H](O)[C@H]2C3C[C@@H](O)[C@@]4(O)C[C@@H](O)CC[C@]4(C)[C@H]3CC[C@]12C)OS(=O)(=O)O. The van der Waals surface area contributed by atoms with Gasteiger partial charge in [0.25, 0.3) is 0 Å². The van der Waals surface area contributed by atoms with E-state index in [2.05, 4.69) is 20.8 Å². The quantitative estimate of drug-likeness (QED) is 0.314. The topological polar surface area (TPSA) is 145 Å². The van der Waals surface area contributed by atoms with Gasteiger partial charge in [-0.1, -0.05) is 34.6 Å². The van der Waals surface area contributed by atoms with Crippen molar-refractivity contribution >= 4 is 10.4 Å².